The fourth-order valence-electron chi connectivity index (χ4n) is 3.70. The summed E-state index contributed by atoms with van der Waals surface area (Å²) >= 11 is 6.45. The van der Waals surface area contributed by atoms with Crippen LogP contribution in [0.25, 0.3) is 0 Å². The van der Waals surface area contributed by atoms with E-state index in [1.165, 1.54) is 12.1 Å². The summed E-state index contributed by atoms with van der Waals surface area (Å²) in [5, 5.41) is 0. The summed E-state index contributed by atoms with van der Waals surface area (Å²) in [6.45, 7) is 3.35. The van der Waals surface area contributed by atoms with Gasteiger partial charge in [0.1, 0.15) is 17.8 Å². The first kappa shape index (κ1) is 20.8. The third-order valence-electron chi connectivity index (χ3n) is 5.22. The van der Waals surface area contributed by atoms with E-state index in [-0.39, 0.29) is 23.4 Å². The Balaban J connectivity index is 1.52. The molecule has 3 amide bonds. The predicted molar refractivity (Wildman–Crippen MR) is 112 cm³/mol. The minimum absolute atomic E-state index is 0.00814. The van der Waals surface area contributed by atoms with Crippen LogP contribution in [0, 0.1) is 0 Å². The van der Waals surface area contributed by atoms with Gasteiger partial charge in [-0.3, -0.25) is 24.2 Å². The SMILES string of the molecule is CC(C)=C(C(=O)OCc1ccccc1)N1C(=O)C(N2C(=O)c3ccccc3C2=O)C1Cl. The van der Waals surface area contributed by atoms with Crippen LogP contribution in [0.1, 0.15) is 40.1 Å². The van der Waals surface area contributed by atoms with Crippen LogP contribution in [0.4, 0.5) is 0 Å². The fourth-order valence-corrected chi connectivity index (χ4v) is 4.12. The third kappa shape index (κ3) is 3.41. The van der Waals surface area contributed by atoms with E-state index in [0.717, 1.165) is 15.4 Å². The molecule has 2 aromatic carbocycles. The van der Waals surface area contributed by atoms with Crippen LogP contribution in [0.15, 0.2) is 65.9 Å². The van der Waals surface area contributed by atoms with Gasteiger partial charge < -0.3 is 4.74 Å². The number of carbonyl (C=O) groups excluding carboxylic acids is 4. The summed E-state index contributed by atoms with van der Waals surface area (Å²) in [5.74, 6) is -2.46. The first-order chi connectivity index (χ1) is 14.8. The Morgan fingerprint density at radius 1 is 0.935 bits per heavy atom. The second-order valence-corrected chi connectivity index (χ2v) is 7.91. The van der Waals surface area contributed by atoms with Crippen molar-refractivity contribution >= 4 is 35.3 Å². The summed E-state index contributed by atoms with van der Waals surface area (Å²) in [5.41, 5.74) is 0.709. The second-order valence-electron chi connectivity index (χ2n) is 7.46. The predicted octanol–water partition coefficient (Wildman–Crippen LogP) is 3.10. The number of rotatable bonds is 5. The number of alkyl halides is 1. The Hall–Kier alpha value is -3.45. The van der Waals surface area contributed by atoms with E-state index in [1.54, 1.807) is 26.0 Å². The molecule has 7 nitrogen and oxygen atoms in total. The van der Waals surface area contributed by atoms with Crippen LogP contribution < -0.4 is 0 Å². The molecule has 0 bridgehead atoms. The number of likely N-dealkylation sites (tertiary alicyclic amines) is 1. The van der Waals surface area contributed by atoms with Gasteiger partial charge in [-0.2, -0.15) is 0 Å². The van der Waals surface area contributed by atoms with Crippen molar-refractivity contribution in [3.05, 3.63) is 82.6 Å². The Morgan fingerprint density at radius 2 is 1.48 bits per heavy atom. The smallest absolute Gasteiger partial charge is 0.355 e. The monoisotopic (exact) mass is 438 g/mol. The molecule has 0 saturated carbocycles. The molecule has 2 aliphatic heterocycles. The number of imide groups is 1. The van der Waals surface area contributed by atoms with Gasteiger partial charge in [0.15, 0.2) is 6.04 Å². The van der Waals surface area contributed by atoms with Crippen LogP contribution in [-0.4, -0.2) is 45.0 Å². The fraction of sp³-hybridized carbons (Fsp3) is 0.217. The zero-order valence-electron chi connectivity index (χ0n) is 16.9. The van der Waals surface area contributed by atoms with Gasteiger partial charge in [0.2, 0.25) is 0 Å². The van der Waals surface area contributed by atoms with Gasteiger partial charge >= 0.3 is 5.97 Å². The topological polar surface area (TPSA) is 84.0 Å². The summed E-state index contributed by atoms with van der Waals surface area (Å²) in [6.07, 6.45) is 0. The standard InChI is InChI=1S/C23H19ClN2O5/c1-13(2)17(23(30)31-12-14-8-4-3-5-9-14)25-19(24)18(22(25)29)26-20(27)15-10-6-7-11-16(15)21(26)28/h3-11,18-19H,12H2,1-2H3. The molecule has 0 spiro atoms. The normalized spacial score (nSPS) is 19.8. The maximum absolute atomic E-state index is 13.0. The highest BCUT2D eigenvalue weighted by molar-refractivity contribution is 6.30. The Kier molecular flexibility index (Phi) is 5.37. The van der Waals surface area contributed by atoms with E-state index in [9.17, 15) is 19.2 Å². The number of amides is 3. The van der Waals surface area contributed by atoms with E-state index >= 15 is 0 Å². The van der Waals surface area contributed by atoms with E-state index in [1.807, 2.05) is 30.3 Å². The molecule has 2 atom stereocenters. The minimum atomic E-state index is -1.19. The molecular weight excluding hydrogens is 420 g/mol. The molecule has 0 N–H and O–H groups in total. The van der Waals surface area contributed by atoms with E-state index in [0.29, 0.717) is 5.57 Å². The summed E-state index contributed by atoms with van der Waals surface area (Å²) in [7, 11) is 0. The molecule has 0 radical (unpaired) electrons. The van der Waals surface area contributed by atoms with Gasteiger partial charge in [-0.1, -0.05) is 54.1 Å². The van der Waals surface area contributed by atoms with Crippen LogP contribution >= 0.6 is 11.6 Å². The second kappa shape index (κ2) is 8.00. The van der Waals surface area contributed by atoms with Gasteiger partial charge in [-0.25, -0.2) is 4.79 Å². The van der Waals surface area contributed by atoms with Crippen LogP contribution in [0.2, 0.25) is 0 Å². The lowest BCUT2D eigenvalue weighted by Gasteiger charge is -2.46. The molecule has 31 heavy (non-hydrogen) atoms. The first-order valence-electron chi connectivity index (χ1n) is 9.65. The average molecular weight is 439 g/mol. The highest BCUT2D eigenvalue weighted by atomic mass is 35.5. The number of halogens is 1. The quantitative estimate of drug-likeness (QED) is 0.179. The maximum atomic E-state index is 13.0. The van der Waals surface area contributed by atoms with Crippen molar-refractivity contribution in [1.82, 2.24) is 9.80 Å². The number of hydrogen-bond donors (Lipinski definition) is 0. The molecule has 1 saturated heterocycles. The molecule has 2 aliphatic rings. The molecular formula is C23H19ClN2O5. The number of esters is 1. The molecule has 8 heteroatoms. The van der Waals surface area contributed by atoms with Crippen molar-refractivity contribution < 1.29 is 23.9 Å². The van der Waals surface area contributed by atoms with Crippen molar-refractivity contribution in [2.45, 2.75) is 32.0 Å². The molecule has 2 unspecified atom stereocenters. The van der Waals surface area contributed by atoms with Crippen molar-refractivity contribution in [3.63, 3.8) is 0 Å². The highest BCUT2D eigenvalue weighted by Crippen LogP contribution is 2.37. The Bertz CT molecular complexity index is 1090. The Labute approximate surface area is 183 Å². The molecule has 2 heterocycles. The van der Waals surface area contributed by atoms with E-state index < -0.39 is 35.2 Å². The first-order valence-corrected chi connectivity index (χ1v) is 10.1. The molecule has 1 fully saturated rings. The van der Waals surface area contributed by atoms with Gasteiger partial charge in [-0.15, -0.1) is 0 Å². The molecule has 4 rings (SSSR count). The lowest BCUT2D eigenvalue weighted by Crippen LogP contribution is -2.69. The zero-order valence-corrected chi connectivity index (χ0v) is 17.6. The number of allylic oxidation sites excluding steroid dienone is 1. The van der Waals surface area contributed by atoms with Crippen molar-refractivity contribution in [2.24, 2.45) is 0 Å². The summed E-state index contributed by atoms with van der Waals surface area (Å²) in [6, 6.07) is 14.3. The number of β-lactam (4-membered cyclic amide) rings is 1. The lowest BCUT2D eigenvalue weighted by molar-refractivity contribution is -0.154. The number of ether oxygens (including phenoxy) is 1. The lowest BCUT2D eigenvalue weighted by atomic mass is 10.0. The van der Waals surface area contributed by atoms with Crippen LogP contribution in [0.3, 0.4) is 0 Å². The highest BCUT2D eigenvalue weighted by Gasteiger charge is 2.57. The zero-order chi connectivity index (χ0) is 22.3. The summed E-state index contributed by atoms with van der Waals surface area (Å²) in [4.78, 5) is 53.1. The molecule has 0 aliphatic carbocycles. The average Bonchev–Trinajstić information content (AvgIpc) is 3.01. The van der Waals surface area contributed by atoms with Gasteiger partial charge in [0, 0.05) is 0 Å². The van der Waals surface area contributed by atoms with Crippen LogP contribution in [0.5, 0.6) is 0 Å². The van der Waals surface area contributed by atoms with Gasteiger partial charge in [0.25, 0.3) is 17.7 Å². The molecule has 0 aromatic heterocycles. The van der Waals surface area contributed by atoms with Crippen molar-refractivity contribution in [3.8, 4) is 0 Å². The minimum Gasteiger partial charge on any atom is -0.456 e. The van der Waals surface area contributed by atoms with Gasteiger partial charge in [0.05, 0.1) is 11.1 Å². The van der Waals surface area contributed by atoms with Crippen molar-refractivity contribution in [1.29, 1.82) is 0 Å². The van der Waals surface area contributed by atoms with Crippen LogP contribution in [-0.2, 0) is 20.9 Å². The third-order valence-corrected chi connectivity index (χ3v) is 5.66. The van der Waals surface area contributed by atoms with E-state index in [4.69, 9.17) is 16.3 Å². The Morgan fingerprint density at radius 3 is 2.00 bits per heavy atom. The largest absolute Gasteiger partial charge is 0.456 e. The van der Waals surface area contributed by atoms with E-state index in [2.05, 4.69) is 0 Å². The van der Waals surface area contributed by atoms with Crippen molar-refractivity contribution in [2.75, 3.05) is 0 Å². The maximum Gasteiger partial charge on any atom is 0.355 e. The number of carbonyl (C=O) groups is 4. The molecule has 158 valence electrons. The number of benzene rings is 2. The van der Waals surface area contributed by atoms with Gasteiger partial charge in [-0.05, 0) is 37.1 Å². The number of hydrogen-bond acceptors (Lipinski definition) is 5. The number of nitrogens with zero attached hydrogens (tertiary/aromatic N) is 2. The molecule has 2 aromatic rings. The summed E-state index contributed by atoms with van der Waals surface area (Å²) < 4.78 is 5.36. The number of fused-ring (bicyclic) bond motifs is 1.